The molecule has 30 heavy (non-hydrogen) atoms. The number of ether oxygens (including phenoxy) is 1. The lowest BCUT2D eigenvalue weighted by atomic mass is 9.88. The standard InChI is InChI=1S/C23H26N4O2S/c1-23(2)12-19-20(21(28)25-14-23)30-22(26-19)27-9-10-29-13-16(27)11-15-5-3-7-18-17(15)6-4-8-24-18/h3-8,16H,9-14H2,1-2H3,(H,25,28). The van der Waals surface area contributed by atoms with Gasteiger partial charge in [0.05, 0.1) is 30.5 Å². The SMILES string of the molecule is CC1(C)CNC(=O)c2sc(N3CCOCC3Cc3cccc4ncccc34)nc2C1. The molecule has 0 spiro atoms. The first-order chi connectivity index (χ1) is 14.5. The van der Waals surface area contributed by atoms with E-state index in [1.54, 1.807) is 0 Å². The molecular weight excluding hydrogens is 396 g/mol. The van der Waals surface area contributed by atoms with Gasteiger partial charge in [-0.05, 0) is 36.0 Å². The van der Waals surface area contributed by atoms with Gasteiger partial charge in [0.25, 0.3) is 5.91 Å². The number of thiazole rings is 1. The fourth-order valence-electron chi connectivity index (χ4n) is 4.35. The first kappa shape index (κ1) is 19.5. The van der Waals surface area contributed by atoms with Gasteiger partial charge in [-0.1, -0.05) is 43.4 Å². The number of hydrogen-bond donors (Lipinski definition) is 1. The van der Waals surface area contributed by atoms with Crippen molar-refractivity contribution in [3.63, 3.8) is 0 Å². The van der Waals surface area contributed by atoms with Crippen LogP contribution >= 0.6 is 11.3 Å². The van der Waals surface area contributed by atoms with Crippen LogP contribution in [0, 0.1) is 5.41 Å². The molecule has 0 radical (unpaired) electrons. The summed E-state index contributed by atoms with van der Waals surface area (Å²) in [7, 11) is 0. The highest BCUT2D eigenvalue weighted by Crippen LogP contribution is 2.35. The number of rotatable bonds is 3. The van der Waals surface area contributed by atoms with Crippen LogP contribution in [0.15, 0.2) is 36.5 Å². The number of benzene rings is 1. The lowest BCUT2D eigenvalue weighted by Crippen LogP contribution is -2.46. The summed E-state index contributed by atoms with van der Waals surface area (Å²) in [5.74, 6) is 0.00395. The van der Waals surface area contributed by atoms with Crippen molar-refractivity contribution in [2.24, 2.45) is 5.41 Å². The van der Waals surface area contributed by atoms with Gasteiger partial charge in [0.1, 0.15) is 4.88 Å². The van der Waals surface area contributed by atoms with Gasteiger partial charge >= 0.3 is 0 Å². The van der Waals surface area contributed by atoms with Gasteiger partial charge in [0.2, 0.25) is 0 Å². The molecule has 156 valence electrons. The van der Waals surface area contributed by atoms with Gasteiger partial charge in [-0.3, -0.25) is 9.78 Å². The molecule has 3 aromatic rings. The quantitative estimate of drug-likeness (QED) is 0.700. The van der Waals surface area contributed by atoms with Crippen LogP contribution in [0.4, 0.5) is 5.13 Å². The van der Waals surface area contributed by atoms with Crippen LogP contribution in [0.1, 0.15) is 34.8 Å². The molecule has 0 bridgehead atoms. The maximum Gasteiger partial charge on any atom is 0.263 e. The number of carbonyl (C=O) groups is 1. The van der Waals surface area contributed by atoms with E-state index in [4.69, 9.17) is 9.72 Å². The topological polar surface area (TPSA) is 67.4 Å². The molecule has 5 rings (SSSR count). The molecule has 1 N–H and O–H groups in total. The molecule has 2 aliphatic heterocycles. The number of fused-ring (bicyclic) bond motifs is 2. The monoisotopic (exact) mass is 422 g/mol. The predicted molar refractivity (Wildman–Crippen MR) is 119 cm³/mol. The van der Waals surface area contributed by atoms with Gasteiger partial charge in [0.15, 0.2) is 5.13 Å². The summed E-state index contributed by atoms with van der Waals surface area (Å²) in [5.41, 5.74) is 3.21. The van der Waals surface area contributed by atoms with E-state index in [2.05, 4.69) is 47.2 Å². The zero-order valence-corrected chi connectivity index (χ0v) is 18.2. The second-order valence-electron chi connectivity index (χ2n) is 8.91. The van der Waals surface area contributed by atoms with Crippen molar-refractivity contribution in [2.45, 2.75) is 32.7 Å². The highest BCUT2D eigenvalue weighted by atomic mass is 32.1. The maximum absolute atomic E-state index is 12.6. The summed E-state index contributed by atoms with van der Waals surface area (Å²) in [5, 5.41) is 5.17. The molecular formula is C23H26N4O2S. The molecule has 0 aliphatic carbocycles. The van der Waals surface area contributed by atoms with Crippen molar-refractivity contribution < 1.29 is 9.53 Å². The Morgan fingerprint density at radius 1 is 1.30 bits per heavy atom. The van der Waals surface area contributed by atoms with E-state index in [1.807, 2.05) is 18.3 Å². The Kier molecular flexibility index (Phi) is 4.95. The Morgan fingerprint density at radius 3 is 3.10 bits per heavy atom. The Morgan fingerprint density at radius 2 is 2.20 bits per heavy atom. The van der Waals surface area contributed by atoms with Crippen molar-refractivity contribution in [3.05, 3.63) is 52.7 Å². The molecule has 1 aromatic carbocycles. The molecule has 2 aromatic heterocycles. The van der Waals surface area contributed by atoms with Crippen molar-refractivity contribution in [3.8, 4) is 0 Å². The summed E-state index contributed by atoms with van der Waals surface area (Å²) < 4.78 is 5.83. The molecule has 1 unspecified atom stereocenters. The normalized spacial score (nSPS) is 21.2. The van der Waals surface area contributed by atoms with E-state index in [9.17, 15) is 4.79 Å². The predicted octanol–water partition coefficient (Wildman–Crippen LogP) is 3.45. The van der Waals surface area contributed by atoms with Crippen molar-refractivity contribution >= 4 is 33.3 Å². The second kappa shape index (κ2) is 7.63. The van der Waals surface area contributed by atoms with Crippen molar-refractivity contribution in [2.75, 3.05) is 31.2 Å². The lowest BCUT2D eigenvalue weighted by Gasteiger charge is -2.35. The summed E-state index contributed by atoms with van der Waals surface area (Å²) in [6.45, 7) is 7.14. The summed E-state index contributed by atoms with van der Waals surface area (Å²) in [6, 6.07) is 10.6. The molecule has 2 aliphatic rings. The molecule has 1 saturated heterocycles. The number of morpholine rings is 1. The fraction of sp³-hybridized carbons (Fsp3) is 0.435. The first-order valence-corrected chi connectivity index (χ1v) is 11.3. The number of anilines is 1. The van der Waals surface area contributed by atoms with E-state index in [0.29, 0.717) is 19.8 Å². The number of carbonyl (C=O) groups excluding carboxylic acids is 1. The van der Waals surface area contributed by atoms with Crippen LogP contribution in [-0.4, -0.2) is 48.2 Å². The number of amides is 1. The van der Waals surface area contributed by atoms with Gasteiger partial charge in [-0.15, -0.1) is 0 Å². The van der Waals surface area contributed by atoms with E-state index in [0.717, 1.165) is 40.6 Å². The molecule has 1 amide bonds. The largest absolute Gasteiger partial charge is 0.377 e. The van der Waals surface area contributed by atoms with Gasteiger partial charge in [-0.2, -0.15) is 0 Å². The third-order valence-corrected chi connectivity index (χ3v) is 7.06. The lowest BCUT2D eigenvalue weighted by molar-refractivity contribution is 0.0941. The Bertz CT molecular complexity index is 1090. The molecule has 1 fully saturated rings. The summed E-state index contributed by atoms with van der Waals surface area (Å²) in [6.07, 6.45) is 3.49. The van der Waals surface area contributed by atoms with Crippen LogP contribution in [0.25, 0.3) is 10.9 Å². The minimum atomic E-state index is 0.00395. The fourth-order valence-corrected chi connectivity index (χ4v) is 5.45. The average molecular weight is 423 g/mol. The van der Waals surface area contributed by atoms with Crippen LogP contribution in [0.5, 0.6) is 0 Å². The Labute approximate surface area is 180 Å². The zero-order valence-electron chi connectivity index (χ0n) is 17.4. The molecule has 7 heteroatoms. The van der Waals surface area contributed by atoms with E-state index >= 15 is 0 Å². The number of aromatic nitrogens is 2. The van der Waals surface area contributed by atoms with E-state index in [-0.39, 0.29) is 17.4 Å². The smallest absolute Gasteiger partial charge is 0.263 e. The summed E-state index contributed by atoms with van der Waals surface area (Å²) >= 11 is 1.52. The third-order valence-electron chi connectivity index (χ3n) is 5.93. The Balaban J connectivity index is 1.46. The number of nitrogens with zero attached hydrogens (tertiary/aromatic N) is 3. The van der Waals surface area contributed by atoms with Crippen LogP contribution in [0.3, 0.4) is 0 Å². The van der Waals surface area contributed by atoms with E-state index in [1.165, 1.54) is 22.3 Å². The Hall–Kier alpha value is -2.51. The summed E-state index contributed by atoms with van der Waals surface area (Å²) in [4.78, 5) is 25.1. The van der Waals surface area contributed by atoms with Crippen molar-refractivity contribution in [1.82, 2.24) is 15.3 Å². The third kappa shape index (κ3) is 3.68. The highest BCUT2D eigenvalue weighted by Gasteiger charge is 2.33. The van der Waals surface area contributed by atoms with Gasteiger partial charge in [0, 0.05) is 24.7 Å². The van der Waals surface area contributed by atoms with Crippen LogP contribution in [0.2, 0.25) is 0 Å². The van der Waals surface area contributed by atoms with Crippen LogP contribution < -0.4 is 10.2 Å². The number of pyridine rings is 1. The minimum Gasteiger partial charge on any atom is -0.377 e. The van der Waals surface area contributed by atoms with Gasteiger partial charge in [-0.25, -0.2) is 4.98 Å². The minimum absolute atomic E-state index is 0.00395. The second-order valence-corrected chi connectivity index (χ2v) is 9.89. The molecule has 6 nitrogen and oxygen atoms in total. The maximum atomic E-state index is 12.6. The average Bonchev–Trinajstić information content (AvgIpc) is 3.11. The number of hydrogen-bond acceptors (Lipinski definition) is 6. The van der Waals surface area contributed by atoms with Crippen molar-refractivity contribution in [1.29, 1.82) is 0 Å². The first-order valence-electron chi connectivity index (χ1n) is 10.5. The van der Waals surface area contributed by atoms with Gasteiger partial charge < -0.3 is 15.0 Å². The zero-order chi connectivity index (χ0) is 20.7. The van der Waals surface area contributed by atoms with E-state index < -0.39 is 0 Å². The highest BCUT2D eigenvalue weighted by molar-refractivity contribution is 7.17. The molecule has 0 saturated carbocycles. The number of nitrogens with one attached hydrogen (secondary N) is 1. The molecule has 1 atom stereocenters. The van der Waals surface area contributed by atoms with Crippen LogP contribution in [-0.2, 0) is 17.6 Å². The molecule has 4 heterocycles.